The highest BCUT2D eigenvalue weighted by Crippen LogP contribution is 2.50. The van der Waals surface area contributed by atoms with Crippen LogP contribution in [0.4, 0.5) is 23.7 Å². The molecule has 3 rings (SSSR count). The molecule has 1 atom stereocenters. The predicted octanol–water partition coefficient (Wildman–Crippen LogP) is 2.44. The largest absolute Gasteiger partial charge is 0.442 e. The Kier molecular flexibility index (Phi) is 4.29. The fourth-order valence-corrected chi connectivity index (χ4v) is 2.74. The summed E-state index contributed by atoms with van der Waals surface area (Å²) in [6.07, 6.45) is -3.51. The second-order valence-electron chi connectivity index (χ2n) is 5.97. The minimum atomic E-state index is -3.15. The molecule has 1 aliphatic heterocycles. The highest BCUT2D eigenvalue weighted by atomic mass is 19.3. The van der Waals surface area contributed by atoms with E-state index in [2.05, 4.69) is 4.85 Å². The van der Waals surface area contributed by atoms with E-state index in [4.69, 9.17) is 11.3 Å². The Balaban J connectivity index is 1.68. The summed E-state index contributed by atoms with van der Waals surface area (Å²) >= 11 is 0. The summed E-state index contributed by atoms with van der Waals surface area (Å²) in [4.78, 5) is 27.4. The SMILES string of the molecule is [C-]#[N+]C1(c2ccc(N3CC(CNC(=O)C(F)F)OC3=O)cc2F)CC1. The lowest BCUT2D eigenvalue weighted by molar-refractivity contribution is -0.132. The number of hydrogen-bond donors (Lipinski definition) is 1. The molecule has 1 saturated carbocycles. The first-order valence-electron chi connectivity index (χ1n) is 7.59. The number of carbonyl (C=O) groups excluding carboxylic acids is 2. The summed E-state index contributed by atoms with van der Waals surface area (Å²) in [7, 11) is 0. The number of carbonyl (C=O) groups is 2. The maximum Gasteiger partial charge on any atom is 0.414 e. The summed E-state index contributed by atoms with van der Waals surface area (Å²) in [6, 6.07) is 4.15. The van der Waals surface area contributed by atoms with Crippen molar-refractivity contribution in [1.29, 1.82) is 0 Å². The Hall–Kier alpha value is -2.76. The van der Waals surface area contributed by atoms with E-state index in [9.17, 15) is 22.8 Å². The van der Waals surface area contributed by atoms with Crippen molar-refractivity contribution in [2.45, 2.75) is 30.9 Å². The minimum Gasteiger partial charge on any atom is -0.442 e. The Morgan fingerprint density at radius 2 is 2.20 bits per heavy atom. The van der Waals surface area contributed by atoms with Crippen molar-refractivity contribution in [2.24, 2.45) is 0 Å². The fraction of sp³-hybridized carbons (Fsp3) is 0.438. The number of cyclic esters (lactones) is 1. The van der Waals surface area contributed by atoms with Crippen LogP contribution in [0, 0.1) is 12.4 Å². The first kappa shape index (κ1) is 17.1. The van der Waals surface area contributed by atoms with Gasteiger partial charge in [-0.2, -0.15) is 8.78 Å². The topological polar surface area (TPSA) is 63.0 Å². The maximum atomic E-state index is 14.3. The molecule has 6 nitrogen and oxygen atoms in total. The summed E-state index contributed by atoms with van der Waals surface area (Å²) < 4.78 is 43.6. The van der Waals surface area contributed by atoms with E-state index < -0.39 is 35.9 Å². The van der Waals surface area contributed by atoms with Crippen LogP contribution in [0.15, 0.2) is 18.2 Å². The molecule has 1 aromatic carbocycles. The van der Waals surface area contributed by atoms with Gasteiger partial charge in [-0.15, -0.1) is 0 Å². The van der Waals surface area contributed by atoms with Gasteiger partial charge in [0.2, 0.25) is 0 Å². The number of nitrogens with zero attached hydrogens (tertiary/aromatic N) is 2. The molecule has 1 saturated heterocycles. The minimum absolute atomic E-state index is 0.00486. The van der Waals surface area contributed by atoms with Gasteiger partial charge in [0.15, 0.2) is 0 Å². The molecule has 1 N–H and O–H groups in total. The molecule has 0 spiro atoms. The van der Waals surface area contributed by atoms with E-state index in [0.717, 1.165) is 11.0 Å². The number of benzene rings is 1. The number of anilines is 1. The molecule has 2 aliphatic rings. The van der Waals surface area contributed by atoms with Crippen LogP contribution >= 0.6 is 0 Å². The van der Waals surface area contributed by atoms with E-state index in [1.165, 1.54) is 12.1 Å². The highest BCUT2D eigenvalue weighted by molar-refractivity contribution is 5.90. The summed E-state index contributed by atoms with van der Waals surface area (Å²) in [6.45, 7) is 6.92. The molecule has 0 bridgehead atoms. The third-order valence-corrected chi connectivity index (χ3v) is 4.28. The standard InChI is InChI=1S/C16H14F3N3O3/c1-20-16(4-5-16)11-3-2-9(6-12(11)17)22-8-10(25-15(22)24)7-21-14(23)13(18)19/h2-3,6,10,13H,4-5,7-8H2,(H,21,23). The first-order chi connectivity index (χ1) is 11.9. The smallest absolute Gasteiger partial charge is 0.414 e. The quantitative estimate of drug-likeness (QED) is 0.827. The van der Waals surface area contributed by atoms with Gasteiger partial charge in [-0.05, 0) is 18.2 Å². The van der Waals surface area contributed by atoms with Crippen molar-refractivity contribution in [1.82, 2.24) is 5.32 Å². The lowest BCUT2D eigenvalue weighted by Gasteiger charge is -2.14. The van der Waals surface area contributed by atoms with E-state index in [0.29, 0.717) is 18.4 Å². The Bertz CT molecular complexity index is 759. The average molecular weight is 353 g/mol. The molecule has 9 heteroatoms. The molecule has 0 radical (unpaired) electrons. The lowest BCUT2D eigenvalue weighted by Crippen LogP contribution is -2.37. The van der Waals surface area contributed by atoms with E-state index in [1.807, 2.05) is 5.32 Å². The second kappa shape index (κ2) is 6.27. The molecular weight excluding hydrogens is 339 g/mol. The highest BCUT2D eigenvalue weighted by Gasteiger charge is 2.54. The lowest BCUT2D eigenvalue weighted by atomic mass is 10.0. The number of halogens is 3. The third-order valence-electron chi connectivity index (χ3n) is 4.28. The van der Waals surface area contributed by atoms with Crippen molar-refractivity contribution in [2.75, 3.05) is 18.0 Å². The molecule has 1 aromatic rings. The van der Waals surface area contributed by atoms with E-state index in [1.54, 1.807) is 0 Å². The number of amides is 2. The van der Waals surface area contributed by atoms with Gasteiger partial charge in [0.25, 0.3) is 11.4 Å². The number of hydrogen-bond acceptors (Lipinski definition) is 3. The van der Waals surface area contributed by atoms with Gasteiger partial charge in [-0.3, -0.25) is 9.69 Å². The van der Waals surface area contributed by atoms with Crippen molar-refractivity contribution < 1.29 is 27.5 Å². The Labute approximate surface area is 141 Å². The molecule has 2 amide bonds. The average Bonchev–Trinajstić information content (AvgIpc) is 3.28. The molecule has 1 aliphatic carbocycles. The van der Waals surface area contributed by atoms with Crippen LogP contribution in [-0.2, 0) is 15.1 Å². The molecule has 25 heavy (non-hydrogen) atoms. The van der Waals surface area contributed by atoms with Crippen molar-refractivity contribution in [3.05, 3.63) is 41.0 Å². The van der Waals surface area contributed by atoms with Gasteiger partial charge in [-0.25, -0.2) is 15.8 Å². The predicted molar refractivity (Wildman–Crippen MR) is 80.5 cm³/mol. The van der Waals surface area contributed by atoms with Gasteiger partial charge in [0.05, 0.1) is 24.3 Å². The Morgan fingerprint density at radius 3 is 2.76 bits per heavy atom. The zero-order valence-corrected chi connectivity index (χ0v) is 13.0. The molecule has 2 fully saturated rings. The number of rotatable bonds is 5. The molecule has 0 aromatic heterocycles. The van der Waals surface area contributed by atoms with Crippen molar-refractivity contribution in [3.63, 3.8) is 0 Å². The van der Waals surface area contributed by atoms with Crippen molar-refractivity contribution in [3.8, 4) is 0 Å². The van der Waals surface area contributed by atoms with Crippen molar-refractivity contribution >= 4 is 17.7 Å². The summed E-state index contributed by atoms with van der Waals surface area (Å²) in [5.74, 6) is -2.02. The van der Waals surface area contributed by atoms with Crippen LogP contribution in [0.2, 0.25) is 0 Å². The van der Waals surface area contributed by atoms with Crippen LogP contribution in [0.3, 0.4) is 0 Å². The zero-order chi connectivity index (χ0) is 18.2. The second-order valence-corrected chi connectivity index (χ2v) is 5.97. The third kappa shape index (κ3) is 3.24. The maximum absolute atomic E-state index is 14.3. The fourth-order valence-electron chi connectivity index (χ4n) is 2.74. The van der Waals surface area contributed by atoms with Gasteiger partial charge >= 0.3 is 12.5 Å². The van der Waals surface area contributed by atoms with Crippen LogP contribution in [0.1, 0.15) is 18.4 Å². The molecule has 1 heterocycles. The van der Waals surface area contributed by atoms with Crippen LogP contribution in [-0.4, -0.2) is 37.6 Å². The summed E-state index contributed by atoms with van der Waals surface area (Å²) in [5, 5.41) is 1.97. The summed E-state index contributed by atoms with van der Waals surface area (Å²) in [5.41, 5.74) is -0.245. The van der Waals surface area contributed by atoms with Gasteiger partial charge in [0, 0.05) is 12.8 Å². The number of nitrogens with one attached hydrogen (secondary N) is 1. The zero-order valence-electron chi connectivity index (χ0n) is 13.0. The normalized spacial score (nSPS) is 21.0. The molecular formula is C16H14F3N3O3. The monoisotopic (exact) mass is 353 g/mol. The number of ether oxygens (including phenoxy) is 1. The van der Waals surface area contributed by atoms with Gasteiger partial charge < -0.3 is 14.9 Å². The first-order valence-corrected chi connectivity index (χ1v) is 7.59. The molecule has 132 valence electrons. The van der Waals surface area contributed by atoms with E-state index >= 15 is 0 Å². The van der Waals surface area contributed by atoms with Gasteiger partial charge in [-0.1, -0.05) is 0 Å². The van der Waals surface area contributed by atoms with E-state index in [-0.39, 0.29) is 18.8 Å². The van der Waals surface area contributed by atoms with Crippen LogP contribution in [0.25, 0.3) is 4.85 Å². The Morgan fingerprint density at radius 1 is 1.48 bits per heavy atom. The van der Waals surface area contributed by atoms with Crippen LogP contribution < -0.4 is 10.2 Å². The molecule has 1 unspecified atom stereocenters. The number of alkyl halides is 2. The van der Waals surface area contributed by atoms with Gasteiger partial charge in [0.1, 0.15) is 11.9 Å². The van der Waals surface area contributed by atoms with Crippen LogP contribution in [0.5, 0.6) is 0 Å².